The fourth-order valence-electron chi connectivity index (χ4n) is 1.85. The zero-order valence-corrected chi connectivity index (χ0v) is 12.4. The van der Waals surface area contributed by atoms with Crippen LogP contribution in [0.15, 0.2) is 35.6 Å². The van der Waals surface area contributed by atoms with Crippen molar-refractivity contribution in [1.82, 2.24) is 14.7 Å². The summed E-state index contributed by atoms with van der Waals surface area (Å²) in [5.41, 5.74) is 1.43. The molecular weight excluding hydrogens is 294 g/mol. The van der Waals surface area contributed by atoms with Crippen LogP contribution in [0.2, 0.25) is 0 Å². The van der Waals surface area contributed by atoms with Crippen LogP contribution >= 0.6 is 0 Å². The Balaban J connectivity index is 2.11. The number of imidazole rings is 1. The van der Waals surface area contributed by atoms with Crippen LogP contribution in [0.1, 0.15) is 11.3 Å². The summed E-state index contributed by atoms with van der Waals surface area (Å²) >= 11 is 0. The van der Waals surface area contributed by atoms with Gasteiger partial charge in [-0.2, -0.15) is 0 Å². The number of nitrogens with one attached hydrogen (secondary N) is 2. The normalized spacial score (nSPS) is 11.5. The molecule has 8 heteroatoms. The van der Waals surface area contributed by atoms with Crippen LogP contribution in [0.4, 0.5) is 0 Å². The molecule has 114 valence electrons. The smallest absolute Gasteiger partial charge is 0.244 e. The number of aliphatic hydroxyl groups excluding tert-OH is 1. The minimum atomic E-state index is -3.67. The van der Waals surface area contributed by atoms with Gasteiger partial charge in [-0.05, 0) is 17.7 Å². The predicted molar refractivity (Wildman–Crippen MR) is 76.4 cm³/mol. The average molecular weight is 311 g/mol. The Labute approximate surface area is 123 Å². The minimum absolute atomic E-state index is 0.0480. The van der Waals surface area contributed by atoms with Crippen molar-refractivity contribution in [1.29, 1.82) is 0 Å². The van der Waals surface area contributed by atoms with Crippen molar-refractivity contribution in [2.45, 2.75) is 17.9 Å². The maximum Gasteiger partial charge on any atom is 0.244 e. The van der Waals surface area contributed by atoms with Gasteiger partial charge in [-0.1, -0.05) is 6.07 Å². The van der Waals surface area contributed by atoms with Crippen LogP contribution < -0.4 is 9.46 Å². The molecule has 0 aliphatic heterocycles. The van der Waals surface area contributed by atoms with E-state index < -0.39 is 10.0 Å². The van der Waals surface area contributed by atoms with Crippen LogP contribution in [-0.4, -0.2) is 37.1 Å². The Kier molecular flexibility index (Phi) is 4.94. The Bertz CT molecular complexity index is 683. The molecule has 7 nitrogen and oxygen atoms in total. The van der Waals surface area contributed by atoms with Gasteiger partial charge in [0.05, 0.1) is 20.0 Å². The third kappa shape index (κ3) is 3.81. The summed E-state index contributed by atoms with van der Waals surface area (Å²) in [7, 11) is -2.28. The maximum atomic E-state index is 12.3. The van der Waals surface area contributed by atoms with Crippen LogP contribution in [0.3, 0.4) is 0 Å². The van der Waals surface area contributed by atoms with E-state index in [-0.39, 0.29) is 23.8 Å². The van der Waals surface area contributed by atoms with Gasteiger partial charge in [-0.3, -0.25) is 0 Å². The van der Waals surface area contributed by atoms with Crippen molar-refractivity contribution >= 4 is 10.0 Å². The molecule has 0 aliphatic carbocycles. The number of aromatic amines is 1. The number of sulfonamides is 1. The fraction of sp³-hybridized carbons (Fsp3) is 0.308. The van der Waals surface area contributed by atoms with Gasteiger partial charge in [-0.15, -0.1) is 0 Å². The van der Waals surface area contributed by atoms with Gasteiger partial charge in [0.2, 0.25) is 10.0 Å². The number of nitrogens with zero attached hydrogens (tertiary/aromatic N) is 1. The zero-order chi connectivity index (χ0) is 15.3. The summed E-state index contributed by atoms with van der Waals surface area (Å²) in [6.45, 7) is 0.0688. The number of rotatable bonds is 7. The monoisotopic (exact) mass is 311 g/mol. The second-order valence-corrected chi connectivity index (χ2v) is 6.10. The van der Waals surface area contributed by atoms with E-state index in [9.17, 15) is 8.42 Å². The molecule has 21 heavy (non-hydrogen) atoms. The van der Waals surface area contributed by atoms with Crippen molar-refractivity contribution in [3.63, 3.8) is 0 Å². The van der Waals surface area contributed by atoms with Gasteiger partial charge in [0.15, 0.2) is 0 Å². The van der Waals surface area contributed by atoms with Crippen LogP contribution in [-0.2, 0) is 23.1 Å². The van der Waals surface area contributed by atoms with Crippen molar-refractivity contribution in [3.8, 4) is 5.75 Å². The first-order valence-corrected chi connectivity index (χ1v) is 7.80. The first kappa shape index (κ1) is 15.5. The molecule has 0 spiro atoms. The third-order valence-electron chi connectivity index (χ3n) is 2.94. The van der Waals surface area contributed by atoms with E-state index in [2.05, 4.69) is 14.7 Å². The summed E-state index contributed by atoms with van der Waals surface area (Å²) < 4.78 is 32.1. The first-order chi connectivity index (χ1) is 10.1. The molecule has 0 atom stereocenters. The lowest BCUT2D eigenvalue weighted by Crippen LogP contribution is -2.26. The summed E-state index contributed by atoms with van der Waals surface area (Å²) in [6.07, 6.45) is 3.70. The van der Waals surface area contributed by atoms with E-state index in [1.807, 2.05) is 0 Å². The van der Waals surface area contributed by atoms with E-state index in [0.717, 1.165) is 5.69 Å². The number of benzene rings is 1. The lowest BCUT2D eigenvalue weighted by molar-refractivity contribution is 0.280. The molecule has 0 fully saturated rings. The summed E-state index contributed by atoms with van der Waals surface area (Å²) in [5.74, 6) is 0.204. The summed E-state index contributed by atoms with van der Waals surface area (Å²) in [4.78, 5) is 6.82. The Morgan fingerprint density at radius 2 is 2.24 bits per heavy atom. The van der Waals surface area contributed by atoms with Gasteiger partial charge in [0.1, 0.15) is 10.6 Å². The molecule has 1 aromatic carbocycles. The molecule has 2 rings (SSSR count). The molecule has 0 aliphatic rings. The molecular formula is C13H17N3O4S. The Hall–Kier alpha value is -1.90. The second-order valence-electron chi connectivity index (χ2n) is 4.37. The van der Waals surface area contributed by atoms with Crippen LogP contribution in [0, 0.1) is 0 Å². The number of aliphatic hydroxyl groups is 1. The fourth-order valence-corrected chi connectivity index (χ4v) is 3.03. The van der Waals surface area contributed by atoms with Gasteiger partial charge in [-0.25, -0.2) is 18.1 Å². The van der Waals surface area contributed by atoms with Crippen molar-refractivity contribution < 1.29 is 18.3 Å². The van der Waals surface area contributed by atoms with Crippen molar-refractivity contribution in [3.05, 3.63) is 42.0 Å². The number of hydrogen-bond donors (Lipinski definition) is 3. The molecule has 0 radical (unpaired) electrons. The SMILES string of the molecule is COc1cc(CO)ccc1S(=O)(=O)NCCc1cnc[nH]1. The largest absolute Gasteiger partial charge is 0.495 e. The summed E-state index contributed by atoms with van der Waals surface area (Å²) in [5, 5.41) is 9.07. The Morgan fingerprint density at radius 3 is 2.86 bits per heavy atom. The van der Waals surface area contributed by atoms with Gasteiger partial charge in [0, 0.05) is 24.9 Å². The summed E-state index contributed by atoms with van der Waals surface area (Å²) in [6, 6.07) is 4.47. The molecule has 2 aromatic rings. The highest BCUT2D eigenvalue weighted by atomic mass is 32.2. The van der Waals surface area contributed by atoms with E-state index in [0.29, 0.717) is 12.0 Å². The van der Waals surface area contributed by atoms with E-state index in [4.69, 9.17) is 9.84 Å². The Morgan fingerprint density at radius 1 is 1.43 bits per heavy atom. The molecule has 0 amide bonds. The highest BCUT2D eigenvalue weighted by Crippen LogP contribution is 2.24. The minimum Gasteiger partial charge on any atom is -0.495 e. The molecule has 0 saturated carbocycles. The van der Waals surface area contributed by atoms with Crippen LogP contribution in [0.25, 0.3) is 0 Å². The van der Waals surface area contributed by atoms with E-state index in [1.54, 1.807) is 18.6 Å². The van der Waals surface area contributed by atoms with Crippen molar-refractivity contribution in [2.24, 2.45) is 0 Å². The standard InChI is InChI=1S/C13H17N3O4S/c1-20-12-6-10(8-17)2-3-13(12)21(18,19)16-5-4-11-7-14-9-15-11/h2-3,6-7,9,16-17H,4-5,8H2,1H3,(H,14,15). The second kappa shape index (κ2) is 6.70. The number of aromatic nitrogens is 2. The van der Waals surface area contributed by atoms with E-state index in [1.165, 1.54) is 19.2 Å². The van der Waals surface area contributed by atoms with Gasteiger partial charge in [0.25, 0.3) is 0 Å². The number of ether oxygens (including phenoxy) is 1. The topological polar surface area (TPSA) is 104 Å². The third-order valence-corrected chi connectivity index (χ3v) is 4.44. The molecule has 1 heterocycles. The number of methoxy groups -OCH3 is 1. The number of hydrogen-bond acceptors (Lipinski definition) is 5. The lowest BCUT2D eigenvalue weighted by atomic mass is 10.2. The molecule has 0 unspecified atom stereocenters. The highest BCUT2D eigenvalue weighted by Gasteiger charge is 2.19. The van der Waals surface area contributed by atoms with Gasteiger partial charge >= 0.3 is 0 Å². The van der Waals surface area contributed by atoms with E-state index >= 15 is 0 Å². The molecule has 0 saturated heterocycles. The molecule has 1 aromatic heterocycles. The van der Waals surface area contributed by atoms with Crippen LogP contribution in [0.5, 0.6) is 5.75 Å². The zero-order valence-electron chi connectivity index (χ0n) is 11.5. The lowest BCUT2D eigenvalue weighted by Gasteiger charge is -2.11. The van der Waals surface area contributed by atoms with Crippen molar-refractivity contribution in [2.75, 3.05) is 13.7 Å². The highest BCUT2D eigenvalue weighted by molar-refractivity contribution is 7.89. The molecule has 0 bridgehead atoms. The first-order valence-electron chi connectivity index (χ1n) is 6.31. The number of H-pyrrole nitrogens is 1. The predicted octanol–water partition coefficient (Wildman–Crippen LogP) is 0.432. The quantitative estimate of drug-likeness (QED) is 0.688. The maximum absolute atomic E-state index is 12.3. The van der Waals surface area contributed by atoms with Gasteiger partial charge < -0.3 is 14.8 Å². The average Bonchev–Trinajstić information content (AvgIpc) is 2.99. The molecule has 3 N–H and O–H groups in total.